The molecule has 8 heteroatoms. The Morgan fingerprint density at radius 2 is 2.11 bits per heavy atom. The lowest BCUT2D eigenvalue weighted by atomic mass is 10.2. The van der Waals surface area contributed by atoms with Crippen LogP contribution >= 0.6 is 22.9 Å². The Kier molecular flexibility index (Phi) is 6.07. The summed E-state index contributed by atoms with van der Waals surface area (Å²) in [6.07, 6.45) is -0.0397. The zero-order valence-corrected chi connectivity index (χ0v) is 11.8. The fraction of sp³-hybridized carbons (Fsp3) is 0.455. The first-order valence-electron chi connectivity index (χ1n) is 5.60. The van der Waals surface area contributed by atoms with Crippen molar-refractivity contribution in [2.75, 3.05) is 6.61 Å². The van der Waals surface area contributed by atoms with E-state index in [0.29, 0.717) is 4.34 Å². The number of halogens is 1. The lowest BCUT2D eigenvalue weighted by molar-refractivity contribution is -0.139. The van der Waals surface area contributed by atoms with Crippen molar-refractivity contribution in [1.82, 2.24) is 10.6 Å². The van der Waals surface area contributed by atoms with Crippen molar-refractivity contribution in [3.8, 4) is 0 Å². The molecule has 0 aliphatic carbocycles. The third-order valence-electron chi connectivity index (χ3n) is 2.39. The lowest BCUT2D eigenvalue weighted by Gasteiger charge is -2.17. The summed E-state index contributed by atoms with van der Waals surface area (Å²) in [6.45, 7) is 1.46. The topological polar surface area (TPSA) is 98.7 Å². The number of carbonyl (C=O) groups is 2. The van der Waals surface area contributed by atoms with Crippen LogP contribution in [0.2, 0.25) is 4.34 Å². The highest BCUT2D eigenvalue weighted by molar-refractivity contribution is 7.16. The number of nitrogens with one attached hydrogen (secondary N) is 2. The van der Waals surface area contributed by atoms with E-state index in [1.165, 1.54) is 11.3 Å². The maximum absolute atomic E-state index is 11.6. The summed E-state index contributed by atoms with van der Waals surface area (Å²) >= 11 is 7.13. The molecule has 2 amide bonds. The molecule has 0 saturated carbocycles. The van der Waals surface area contributed by atoms with Gasteiger partial charge < -0.3 is 20.8 Å². The van der Waals surface area contributed by atoms with Crippen LogP contribution in [0.1, 0.15) is 24.3 Å². The average molecular weight is 307 g/mol. The third kappa shape index (κ3) is 5.06. The van der Waals surface area contributed by atoms with Crippen molar-refractivity contribution in [2.45, 2.75) is 25.4 Å². The van der Waals surface area contributed by atoms with Crippen molar-refractivity contribution in [2.24, 2.45) is 0 Å². The number of aliphatic carboxylic acids is 1. The maximum atomic E-state index is 11.6. The van der Waals surface area contributed by atoms with Gasteiger partial charge in [0.2, 0.25) is 0 Å². The minimum absolute atomic E-state index is 0.0397. The number of amides is 2. The van der Waals surface area contributed by atoms with E-state index in [0.717, 1.165) is 4.88 Å². The Labute approximate surface area is 119 Å². The van der Waals surface area contributed by atoms with Crippen LogP contribution in [-0.4, -0.2) is 34.9 Å². The second-order valence-corrected chi connectivity index (χ2v) is 5.63. The summed E-state index contributed by atoms with van der Waals surface area (Å²) < 4.78 is 0.618. The van der Waals surface area contributed by atoms with Crippen LogP contribution in [-0.2, 0) is 4.79 Å². The number of carboxylic acid groups (broad SMARTS) is 1. The second-order valence-electron chi connectivity index (χ2n) is 3.88. The van der Waals surface area contributed by atoms with E-state index in [1.807, 2.05) is 0 Å². The summed E-state index contributed by atoms with van der Waals surface area (Å²) in [5.74, 6) is -1.18. The number of thiophene rings is 1. The van der Waals surface area contributed by atoms with E-state index >= 15 is 0 Å². The molecule has 0 saturated heterocycles. The molecule has 0 radical (unpaired) electrons. The van der Waals surface area contributed by atoms with E-state index in [2.05, 4.69) is 10.6 Å². The maximum Gasteiger partial charge on any atom is 0.326 e. The highest BCUT2D eigenvalue weighted by atomic mass is 35.5. The number of rotatable bonds is 6. The summed E-state index contributed by atoms with van der Waals surface area (Å²) in [5.41, 5.74) is 0. The van der Waals surface area contributed by atoms with Gasteiger partial charge in [-0.3, -0.25) is 0 Å². The Morgan fingerprint density at radius 1 is 1.42 bits per heavy atom. The molecule has 0 fully saturated rings. The minimum Gasteiger partial charge on any atom is -0.480 e. The van der Waals surface area contributed by atoms with Gasteiger partial charge in [0.1, 0.15) is 6.04 Å². The monoisotopic (exact) mass is 306 g/mol. The van der Waals surface area contributed by atoms with E-state index in [-0.39, 0.29) is 19.1 Å². The molecular formula is C11H15ClN2O4S. The minimum atomic E-state index is -1.18. The summed E-state index contributed by atoms with van der Waals surface area (Å²) in [6, 6.07) is 1.53. The molecule has 19 heavy (non-hydrogen) atoms. The van der Waals surface area contributed by atoms with Gasteiger partial charge in [-0.15, -0.1) is 11.3 Å². The Balaban J connectivity index is 2.52. The summed E-state index contributed by atoms with van der Waals surface area (Å²) in [4.78, 5) is 23.3. The van der Waals surface area contributed by atoms with E-state index in [1.54, 1.807) is 19.1 Å². The number of carbonyl (C=O) groups excluding carboxylic acids is 1. The van der Waals surface area contributed by atoms with Crippen LogP contribution in [0.5, 0.6) is 0 Å². The second kappa shape index (κ2) is 7.32. The number of carboxylic acids is 1. The third-order valence-corrected chi connectivity index (χ3v) is 3.80. The van der Waals surface area contributed by atoms with Crippen LogP contribution in [0.15, 0.2) is 12.1 Å². The SMILES string of the molecule is CC(NC(=O)NC(CCO)C(=O)O)c1ccc(Cl)s1. The standard InChI is InChI=1S/C11H15ClN2O4S/c1-6(8-2-3-9(12)19-8)13-11(18)14-7(4-5-15)10(16)17/h2-3,6-7,15H,4-5H2,1H3,(H,16,17)(H2,13,14,18). The number of aliphatic hydroxyl groups excluding tert-OH is 1. The van der Waals surface area contributed by atoms with Gasteiger partial charge in [-0.1, -0.05) is 11.6 Å². The molecule has 6 nitrogen and oxygen atoms in total. The van der Waals surface area contributed by atoms with Crippen LogP contribution in [0.3, 0.4) is 0 Å². The predicted molar refractivity (Wildman–Crippen MR) is 72.5 cm³/mol. The average Bonchev–Trinajstić information content (AvgIpc) is 2.75. The molecule has 1 aromatic rings. The van der Waals surface area contributed by atoms with Gasteiger partial charge >= 0.3 is 12.0 Å². The van der Waals surface area contributed by atoms with Crippen LogP contribution < -0.4 is 10.6 Å². The smallest absolute Gasteiger partial charge is 0.326 e. The Hall–Kier alpha value is -1.31. The number of urea groups is 1. The van der Waals surface area contributed by atoms with Crippen molar-refractivity contribution in [1.29, 1.82) is 0 Å². The van der Waals surface area contributed by atoms with Crippen molar-refractivity contribution in [3.05, 3.63) is 21.3 Å². The molecule has 1 aromatic heterocycles. The van der Waals surface area contributed by atoms with Gasteiger partial charge in [-0.2, -0.15) is 0 Å². The van der Waals surface area contributed by atoms with Gasteiger partial charge in [0, 0.05) is 17.9 Å². The molecule has 4 N–H and O–H groups in total. The molecule has 0 aliphatic rings. The first kappa shape index (κ1) is 15.7. The molecule has 1 heterocycles. The first-order chi connectivity index (χ1) is 8.93. The van der Waals surface area contributed by atoms with Crippen molar-refractivity contribution >= 4 is 34.9 Å². The predicted octanol–water partition coefficient (Wildman–Crippen LogP) is 1.60. The van der Waals surface area contributed by atoms with E-state index < -0.39 is 18.0 Å². The van der Waals surface area contributed by atoms with Crippen molar-refractivity contribution < 1.29 is 19.8 Å². The highest BCUT2D eigenvalue weighted by Gasteiger charge is 2.20. The molecule has 0 bridgehead atoms. The quantitative estimate of drug-likeness (QED) is 0.641. The zero-order valence-electron chi connectivity index (χ0n) is 10.2. The fourth-order valence-corrected chi connectivity index (χ4v) is 2.48. The Bertz CT molecular complexity index is 452. The van der Waals surface area contributed by atoms with Crippen LogP contribution in [0.4, 0.5) is 4.79 Å². The normalized spacial score (nSPS) is 13.6. The molecule has 1 rings (SSSR count). The summed E-state index contributed by atoms with van der Waals surface area (Å²) in [5, 5.41) is 22.4. The summed E-state index contributed by atoms with van der Waals surface area (Å²) in [7, 11) is 0. The van der Waals surface area contributed by atoms with Gasteiger partial charge in [0.15, 0.2) is 0 Å². The molecule has 2 atom stereocenters. The van der Waals surface area contributed by atoms with Gasteiger partial charge in [-0.25, -0.2) is 9.59 Å². The zero-order chi connectivity index (χ0) is 14.4. The van der Waals surface area contributed by atoms with Crippen LogP contribution in [0, 0.1) is 0 Å². The van der Waals surface area contributed by atoms with E-state index in [4.69, 9.17) is 21.8 Å². The van der Waals surface area contributed by atoms with Crippen LogP contribution in [0.25, 0.3) is 0 Å². The molecule has 0 aliphatic heterocycles. The first-order valence-corrected chi connectivity index (χ1v) is 6.79. The lowest BCUT2D eigenvalue weighted by Crippen LogP contribution is -2.46. The molecule has 0 aromatic carbocycles. The highest BCUT2D eigenvalue weighted by Crippen LogP contribution is 2.26. The number of aliphatic hydroxyl groups is 1. The van der Waals surface area contributed by atoms with Gasteiger partial charge in [0.05, 0.1) is 10.4 Å². The number of hydrogen-bond donors (Lipinski definition) is 4. The molecular weight excluding hydrogens is 292 g/mol. The van der Waals surface area contributed by atoms with E-state index in [9.17, 15) is 9.59 Å². The fourth-order valence-electron chi connectivity index (χ4n) is 1.42. The van der Waals surface area contributed by atoms with Gasteiger partial charge in [0.25, 0.3) is 0 Å². The van der Waals surface area contributed by atoms with Gasteiger partial charge in [-0.05, 0) is 19.1 Å². The largest absolute Gasteiger partial charge is 0.480 e. The molecule has 2 unspecified atom stereocenters. The Morgan fingerprint density at radius 3 is 2.58 bits per heavy atom. The van der Waals surface area contributed by atoms with Crippen molar-refractivity contribution in [3.63, 3.8) is 0 Å². The number of hydrogen-bond acceptors (Lipinski definition) is 4. The molecule has 106 valence electrons. The molecule has 0 spiro atoms.